The molecular formula is C25H28ClFN4O. The molecule has 3 aliphatic rings. The van der Waals surface area contributed by atoms with E-state index in [-0.39, 0.29) is 5.02 Å². The average molecular weight is 455 g/mol. The van der Waals surface area contributed by atoms with Gasteiger partial charge in [-0.25, -0.2) is 14.4 Å². The van der Waals surface area contributed by atoms with E-state index in [9.17, 15) is 9.60 Å². The van der Waals surface area contributed by atoms with E-state index in [1.807, 2.05) is 6.07 Å². The van der Waals surface area contributed by atoms with E-state index in [1.165, 1.54) is 44.8 Å². The van der Waals surface area contributed by atoms with Crippen LogP contribution < -0.4 is 0 Å². The zero-order valence-corrected chi connectivity index (χ0v) is 18.9. The Morgan fingerprint density at radius 1 is 1.22 bits per heavy atom. The molecule has 5 nitrogen and oxygen atoms in total. The molecule has 1 aliphatic carbocycles. The summed E-state index contributed by atoms with van der Waals surface area (Å²) in [4.78, 5) is 11.9. The predicted molar refractivity (Wildman–Crippen MR) is 125 cm³/mol. The third-order valence-corrected chi connectivity index (χ3v) is 7.40. The molecule has 0 amide bonds. The van der Waals surface area contributed by atoms with E-state index < -0.39 is 5.82 Å². The highest BCUT2D eigenvalue weighted by Crippen LogP contribution is 2.35. The summed E-state index contributed by atoms with van der Waals surface area (Å²) in [6.45, 7) is 3.49. The number of hydrogen-bond donors (Lipinski definition) is 1. The molecule has 1 saturated carbocycles. The maximum atomic E-state index is 13.5. The Balaban J connectivity index is 1.26. The van der Waals surface area contributed by atoms with Gasteiger partial charge >= 0.3 is 0 Å². The molecule has 168 valence electrons. The quantitative estimate of drug-likeness (QED) is 0.359. The first-order chi connectivity index (χ1) is 15.6. The van der Waals surface area contributed by atoms with E-state index in [2.05, 4.69) is 15.0 Å². The minimum Gasteiger partial charge on any atom is -0.411 e. The fourth-order valence-corrected chi connectivity index (χ4v) is 5.80. The number of benzene rings is 1. The van der Waals surface area contributed by atoms with Gasteiger partial charge in [-0.05, 0) is 61.3 Å². The molecule has 2 aromatic rings. The lowest BCUT2D eigenvalue weighted by atomic mass is 9.78. The molecule has 1 saturated heterocycles. The Morgan fingerprint density at radius 2 is 2.03 bits per heavy atom. The van der Waals surface area contributed by atoms with Crippen molar-refractivity contribution < 1.29 is 9.60 Å². The maximum absolute atomic E-state index is 13.5. The number of aromatic nitrogens is 1. The summed E-state index contributed by atoms with van der Waals surface area (Å²) >= 11 is 5.92. The summed E-state index contributed by atoms with van der Waals surface area (Å²) in [7, 11) is 0. The van der Waals surface area contributed by atoms with Crippen LogP contribution in [-0.4, -0.2) is 46.1 Å². The molecule has 1 aromatic heterocycles. The number of nitrogens with zero attached hydrogens (tertiary/aromatic N) is 4. The second-order valence-corrected chi connectivity index (χ2v) is 9.80. The highest BCUT2D eigenvalue weighted by molar-refractivity contribution is 6.30. The summed E-state index contributed by atoms with van der Waals surface area (Å²) in [6, 6.07) is 6.42. The number of pyridine rings is 1. The third-order valence-electron chi connectivity index (χ3n) is 7.11. The molecule has 2 atom stereocenters. The number of oxime groups is 1. The number of fused-ring (bicyclic) bond motifs is 3. The minimum absolute atomic E-state index is 0.0622. The molecule has 32 heavy (non-hydrogen) atoms. The topological polar surface area (TPSA) is 61.1 Å². The van der Waals surface area contributed by atoms with Crippen molar-refractivity contribution >= 4 is 28.8 Å². The third kappa shape index (κ3) is 4.57. The summed E-state index contributed by atoms with van der Waals surface area (Å²) in [5, 5.41) is 13.3. The van der Waals surface area contributed by atoms with Crippen molar-refractivity contribution in [3.8, 4) is 0 Å². The lowest BCUT2D eigenvalue weighted by Crippen LogP contribution is -2.43. The molecule has 0 radical (unpaired) electrons. The summed E-state index contributed by atoms with van der Waals surface area (Å²) in [6.07, 6.45) is 9.30. The second-order valence-electron chi connectivity index (χ2n) is 9.40. The second kappa shape index (κ2) is 9.28. The van der Waals surface area contributed by atoms with Crippen LogP contribution in [0.3, 0.4) is 0 Å². The number of aliphatic imine (C=N–C) groups is 1. The number of piperidine rings is 1. The molecule has 2 bridgehead atoms. The van der Waals surface area contributed by atoms with Crippen LogP contribution in [0.2, 0.25) is 5.02 Å². The van der Waals surface area contributed by atoms with Crippen LogP contribution in [0.25, 0.3) is 0 Å². The van der Waals surface area contributed by atoms with Gasteiger partial charge in [-0.2, -0.15) is 0 Å². The Labute approximate surface area is 193 Å². The predicted octanol–water partition coefficient (Wildman–Crippen LogP) is 5.44. The highest BCUT2D eigenvalue weighted by Gasteiger charge is 2.30. The lowest BCUT2D eigenvalue weighted by molar-refractivity contribution is 0.0885. The molecule has 5 rings (SSSR count). The Bertz CT molecular complexity index is 1060. The van der Waals surface area contributed by atoms with Crippen LogP contribution in [0.15, 0.2) is 40.6 Å². The van der Waals surface area contributed by atoms with Crippen LogP contribution in [-0.2, 0) is 12.8 Å². The zero-order valence-electron chi connectivity index (χ0n) is 18.1. The fourth-order valence-electron chi connectivity index (χ4n) is 5.60. The minimum atomic E-state index is -0.460. The van der Waals surface area contributed by atoms with Gasteiger partial charge in [0.15, 0.2) is 5.82 Å². The van der Waals surface area contributed by atoms with Crippen LogP contribution >= 0.6 is 11.6 Å². The van der Waals surface area contributed by atoms with Crippen molar-refractivity contribution in [1.82, 2.24) is 9.88 Å². The fraction of sp³-hybridized carbons (Fsp3) is 0.480. The van der Waals surface area contributed by atoms with E-state index in [0.29, 0.717) is 18.0 Å². The van der Waals surface area contributed by atoms with Gasteiger partial charge in [0.05, 0.1) is 10.7 Å². The molecular weight excluding hydrogens is 427 g/mol. The number of halogens is 2. The molecule has 1 aromatic carbocycles. The molecule has 7 heteroatoms. The molecule has 2 aliphatic heterocycles. The first-order valence-corrected chi connectivity index (χ1v) is 11.9. The van der Waals surface area contributed by atoms with Crippen molar-refractivity contribution in [2.45, 2.75) is 44.9 Å². The van der Waals surface area contributed by atoms with E-state index in [0.717, 1.165) is 53.6 Å². The number of rotatable bonds is 6. The van der Waals surface area contributed by atoms with E-state index in [1.54, 1.807) is 18.3 Å². The first kappa shape index (κ1) is 21.5. The van der Waals surface area contributed by atoms with Gasteiger partial charge in [0.1, 0.15) is 5.82 Å². The highest BCUT2D eigenvalue weighted by atomic mass is 35.5. The van der Waals surface area contributed by atoms with Crippen molar-refractivity contribution in [1.29, 1.82) is 0 Å². The van der Waals surface area contributed by atoms with Gasteiger partial charge < -0.3 is 10.1 Å². The lowest BCUT2D eigenvalue weighted by Gasteiger charge is -2.41. The van der Waals surface area contributed by atoms with Gasteiger partial charge in [-0.3, -0.25) is 0 Å². The van der Waals surface area contributed by atoms with Crippen molar-refractivity contribution in [3.63, 3.8) is 0 Å². The van der Waals surface area contributed by atoms with Gasteiger partial charge in [0.2, 0.25) is 0 Å². The van der Waals surface area contributed by atoms with Crippen LogP contribution in [0.5, 0.6) is 0 Å². The molecule has 0 spiro atoms. The first-order valence-electron chi connectivity index (χ1n) is 11.5. The Morgan fingerprint density at radius 3 is 2.78 bits per heavy atom. The normalized spacial score (nSPS) is 23.2. The van der Waals surface area contributed by atoms with Crippen molar-refractivity contribution in [2.24, 2.45) is 22.0 Å². The summed E-state index contributed by atoms with van der Waals surface area (Å²) in [5.74, 6) is 2.01. The summed E-state index contributed by atoms with van der Waals surface area (Å²) in [5.41, 5.74) is 4.26. The van der Waals surface area contributed by atoms with E-state index >= 15 is 0 Å². The van der Waals surface area contributed by atoms with Crippen LogP contribution in [0, 0.1) is 17.7 Å². The zero-order chi connectivity index (χ0) is 22.1. The molecule has 2 unspecified atom stereocenters. The largest absolute Gasteiger partial charge is 0.411 e. The van der Waals surface area contributed by atoms with Crippen molar-refractivity contribution in [3.05, 3.63) is 58.0 Å². The number of likely N-dealkylation sites (tertiary alicyclic amines) is 1. The Kier molecular flexibility index (Phi) is 6.24. The van der Waals surface area contributed by atoms with Gasteiger partial charge in [-0.15, -0.1) is 0 Å². The SMILES string of the molecule is O/N=C(\Cc1ccc(F)c(Cl)c1)c1ccnc2c1CC(CCN1CC3CCCC(C3)C1)=N2. The molecule has 2 fully saturated rings. The Hall–Kier alpha value is -2.31. The van der Waals surface area contributed by atoms with Gasteiger partial charge in [-0.1, -0.05) is 29.2 Å². The van der Waals surface area contributed by atoms with Crippen LogP contribution in [0.4, 0.5) is 10.2 Å². The van der Waals surface area contributed by atoms with Gasteiger partial charge in [0.25, 0.3) is 0 Å². The van der Waals surface area contributed by atoms with Crippen LogP contribution in [0.1, 0.15) is 48.8 Å². The standard InChI is InChI=1S/C25H28ClFN4O/c26-22-11-16(4-5-23(22)27)12-24(30-32)20-6-8-28-25-21(20)13-19(29-25)7-9-31-14-17-2-1-3-18(10-17)15-31/h4-6,8,11,17-18,32H,1-3,7,9-10,12-15H2/b30-24+. The van der Waals surface area contributed by atoms with Crippen molar-refractivity contribution in [2.75, 3.05) is 19.6 Å². The molecule has 1 N–H and O–H groups in total. The average Bonchev–Trinajstić information content (AvgIpc) is 3.21. The number of hydrogen-bond acceptors (Lipinski definition) is 5. The monoisotopic (exact) mass is 454 g/mol. The smallest absolute Gasteiger partial charge is 0.155 e. The van der Waals surface area contributed by atoms with Gasteiger partial charge in [0, 0.05) is 55.5 Å². The maximum Gasteiger partial charge on any atom is 0.155 e. The van der Waals surface area contributed by atoms with E-state index in [4.69, 9.17) is 16.6 Å². The molecule has 3 heterocycles. The summed E-state index contributed by atoms with van der Waals surface area (Å²) < 4.78 is 13.5.